The van der Waals surface area contributed by atoms with Crippen molar-refractivity contribution in [3.05, 3.63) is 53.6 Å². The minimum absolute atomic E-state index is 0.229. The quantitative estimate of drug-likeness (QED) is 0.368. The first-order valence-corrected chi connectivity index (χ1v) is 11.0. The van der Waals surface area contributed by atoms with Crippen LogP contribution in [0, 0.1) is 23.7 Å². The molecule has 29 heavy (non-hydrogen) atoms. The summed E-state index contributed by atoms with van der Waals surface area (Å²) in [5.74, 6) is 2.63. The average molecular weight is 419 g/mol. The molecule has 2 unspecified atom stereocenters. The number of rotatable bonds is 11. The number of aliphatic hydroxyl groups excluding tert-OH is 1. The van der Waals surface area contributed by atoms with Crippen molar-refractivity contribution >= 4 is 17.6 Å². The smallest absolute Gasteiger partial charge is 0.303 e. The van der Waals surface area contributed by atoms with E-state index in [1.54, 1.807) is 24.3 Å². The van der Waals surface area contributed by atoms with Gasteiger partial charge in [-0.15, -0.1) is 0 Å². The third-order valence-corrected chi connectivity index (χ3v) is 6.54. The fourth-order valence-electron chi connectivity index (χ4n) is 4.87. The van der Waals surface area contributed by atoms with Crippen molar-refractivity contribution in [2.45, 2.75) is 51.0 Å². The van der Waals surface area contributed by atoms with Gasteiger partial charge in [0.2, 0.25) is 0 Å². The summed E-state index contributed by atoms with van der Waals surface area (Å²) >= 11 is 5.87. The van der Waals surface area contributed by atoms with Crippen LogP contribution in [0.2, 0.25) is 5.02 Å². The average Bonchev–Trinajstić information content (AvgIpc) is 3.30. The number of fused-ring (bicyclic) bond motifs is 2. The van der Waals surface area contributed by atoms with E-state index in [2.05, 4.69) is 18.2 Å². The largest absolute Gasteiger partial charge is 0.491 e. The molecule has 2 fully saturated rings. The first kappa shape index (κ1) is 21.9. The Morgan fingerprint density at radius 3 is 2.72 bits per heavy atom. The lowest BCUT2D eigenvalue weighted by molar-refractivity contribution is -0.137. The van der Waals surface area contributed by atoms with Gasteiger partial charge in [-0.3, -0.25) is 4.79 Å². The van der Waals surface area contributed by atoms with Gasteiger partial charge in [0.15, 0.2) is 0 Å². The summed E-state index contributed by atoms with van der Waals surface area (Å²) < 4.78 is 5.63. The Morgan fingerprint density at radius 2 is 1.97 bits per heavy atom. The normalized spacial score (nSPS) is 27.1. The number of halogens is 1. The molecule has 3 rings (SSSR count). The zero-order valence-corrected chi connectivity index (χ0v) is 17.5. The molecule has 1 aromatic carbocycles. The fraction of sp³-hybridized carbons (Fsp3) is 0.542. The van der Waals surface area contributed by atoms with Crippen molar-refractivity contribution in [3.8, 4) is 5.75 Å². The topological polar surface area (TPSA) is 66.8 Å². The third-order valence-electron chi connectivity index (χ3n) is 6.28. The van der Waals surface area contributed by atoms with Crippen molar-refractivity contribution in [2.75, 3.05) is 6.61 Å². The van der Waals surface area contributed by atoms with E-state index in [0.29, 0.717) is 29.0 Å². The van der Waals surface area contributed by atoms with Gasteiger partial charge in [0.1, 0.15) is 18.5 Å². The number of carboxylic acid groups (broad SMARTS) is 1. The molecule has 0 spiro atoms. The predicted octanol–water partition coefficient (Wildman–Crippen LogP) is 5.50. The highest BCUT2D eigenvalue weighted by Gasteiger charge is 2.45. The molecule has 0 radical (unpaired) electrons. The van der Waals surface area contributed by atoms with E-state index in [1.807, 2.05) is 6.08 Å². The SMILES string of the molecule is O=C(O)CCC/C=C\C[C@H]1C2CCC(C2)[C@@H]1/C=C/[C@H](O)COc1ccc(Cl)cc1. The lowest BCUT2D eigenvalue weighted by atomic mass is 9.77. The van der Waals surface area contributed by atoms with E-state index in [4.69, 9.17) is 21.4 Å². The second-order valence-electron chi connectivity index (χ2n) is 8.28. The van der Waals surface area contributed by atoms with Gasteiger partial charge >= 0.3 is 5.97 Å². The number of benzene rings is 1. The highest BCUT2D eigenvalue weighted by molar-refractivity contribution is 6.30. The Labute approximate surface area is 178 Å². The number of carboxylic acids is 1. The van der Waals surface area contributed by atoms with Gasteiger partial charge in [-0.05, 0) is 86.5 Å². The number of unbranched alkanes of at least 4 members (excludes halogenated alkanes) is 1. The Bertz CT molecular complexity index is 712. The number of aliphatic carboxylic acids is 1. The molecule has 0 heterocycles. The molecular formula is C24H31ClO4. The lowest BCUT2D eigenvalue weighted by Gasteiger charge is -2.28. The summed E-state index contributed by atoms with van der Waals surface area (Å²) in [6.45, 7) is 0.229. The first-order chi connectivity index (χ1) is 14.0. The molecule has 158 valence electrons. The molecule has 2 bridgehead atoms. The van der Waals surface area contributed by atoms with E-state index >= 15 is 0 Å². The number of hydrogen-bond acceptors (Lipinski definition) is 3. The predicted molar refractivity (Wildman–Crippen MR) is 115 cm³/mol. The van der Waals surface area contributed by atoms with Crippen molar-refractivity contribution in [1.82, 2.24) is 0 Å². The van der Waals surface area contributed by atoms with Crippen molar-refractivity contribution in [3.63, 3.8) is 0 Å². The molecule has 0 saturated heterocycles. The van der Waals surface area contributed by atoms with Gasteiger partial charge in [-0.25, -0.2) is 0 Å². The Morgan fingerprint density at radius 1 is 1.21 bits per heavy atom. The number of aliphatic hydroxyl groups is 1. The summed E-state index contributed by atoms with van der Waals surface area (Å²) in [6.07, 6.45) is 14.5. The molecule has 2 aliphatic carbocycles. The highest BCUT2D eigenvalue weighted by atomic mass is 35.5. The standard InChI is InChI=1S/C24H31ClO4/c25-19-9-12-21(13-10-19)29-16-20(26)11-14-23-18-8-7-17(15-18)22(23)5-3-1-2-4-6-24(27)28/h1,3,9-14,17-18,20,22-23,26H,2,4-8,15-16H2,(H,27,28)/b3-1-,14-11+/t17?,18?,20-,22-,23-/m0/s1. The number of hydrogen-bond donors (Lipinski definition) is 2. The van der Waals surface area contributed by atoms with Gasteiger partial charge in [-0.1, -0.05) is 35.9 Å². The van der Waals surface area contributed by atoms with E-state index in [-0.39, 0.29) is 13.0 Å². The van der Waals surface area contributed by atoms with E-state index in [0.717, 1.165) is 24.7 Å². The van der Waals surface area contributed by atoms with E-state index in [9.17, 15) is 9.90 Å². The minimum atomic E-state index is -0.727. The first-order valence-electron chi connectivity index (χ1n) is 10.6. The summed E-state index contributed by atoms with van der Waals surface area (Å²) in [5.41, 5.74) is 0. The molecule has 1 aromatic rings. The molecule has 0 aromatic heterocycles. The van der Waals surface area contributed by atoms with Crippen molar-refractivity contribution < 1.29 is 19.7 Å². The maximum atomic E-state index is 10.6. The number of allylic oxidation sites excluding steroid dienone is 3. The monoisotopic (exact) mass is 418 g/mol. The van der Waals surface area contributed by atoms with Crippen molar-refractivity contribution in [1.29, 1.82) is 0 Å². The highest BCUT2D eigenvalue weighted by Crippen LogP contribution is 2.54. The Balaban J connectivity index is 1.46. The van der Waals surface area contributed by atoms with Crippen LogP contribution in [0.5, 0.6) is 5.75 Å². The second-order valence-corrected chi connectivity index (χ2v) is 8.72. The van der Waals surface area contributed by atoms with Gasteiger partial charge in [-0.2, -0.15) is 0 Å². The summed E-state index contributed by atoms with van der Waals surface area (Å²) in [5, 5.41) is 19.7. The van der Waals surface area contributed by atoms with Crippen molar-refractivity contribution in [2.24, 2.45) is 23.7 Å². The molecule has 4 nitrogen and oxygen atoms in total. The zero-order chi connectivity index (χ0) is 20.6. The minimum Gasteiger partial charge on any atom is -0.491 e. The summed E-state index contributed by atoms with van der Waals surface area (Å²) in [4.78, 5) is 10.6. The maximum absolute atomic E-state index is 10.6. The lowest BCUT2D eigenvalue weighted by Crippen LogP contribution is -2.21. The zero-order valence-electron chi connectivity index (χ0n) is 16.8. The molecule has 0 aliphatic heterocycles. The van der Waals surface area contributed by atoms with Gasteiger partial charge in [0.25, 0.3) is 0 Å². The summed E-state index contributed by atoms with van der Waals surface area (Å²) in [6, 6.07) is 7.14. The van der Waals surface area contributed by atoms with Crippen LogP contribution < -0.4 is 4.74 Å². The molecule has 2 N–H and O–H groups in total. The molecule has 5 heteroatoms. The van der Waals surface area contributed by atoms with Crippen LogP contribution in [0.3, 0.4) is 0 Å². The molecule has 2 saturated carbocycles. The van der Waals surface area contributed by atoms with Crippen LogP contribution >= 0.6 is 11.6 Å². The summed E-state index contributed by atoms with van der Waals surface area (Å²) in [7, 11) is 0. The van der Waals surface area contributed by atoms with Gasteiger partial charge < -0.3 is 14.9 Å². The van der Waals surface area contributed by atoms with Gasteiger partial charge in [0, 0.05) is 11.4 Å². The van der Waals surface area contributed by atoms with Crippen LogP contribution in [-0.2, 0) is 4.79 Å². The second kappa shape index (κ2) is 10.8. The van der Waals surface area contributed by atoms with E-state index in [1.165, 1.54) is 19.3 Å². The van der Waals surface area contributed by atoms with Crippen LogP contribution in [-0.4, -0.2) is 28.9 Å². The fourth-order valence-corrected chi connectivity index (χ4v) is 5.00. The van der Waals surface area contributed by atoms with Crippen LogP contribution in [0.4, 0.5) is 0 Å². The number of carbonyl (C=O) groups is 1. The number of ether oxygens (including phenoxy) is 1. The molecule has 0 amide bonds. The van der Waals surface area contributed by atoms with Gasteiger partial charge in [0.05, 0.1) is 0 Å². The van der Waals surface area contributed by atoms with Crippen LogP contribution in [0.1, 0.15) is 44.9 Å². The Hall–Kier alpha value is -1.78. The Kier molecular flexibility index (Phi) is 8.19. The third kappa shape index (κ3) is 6.61. The molecular weight excluding hydrogens is 388 g/mol. The van der Waals surface area contributed by atoms with Crippen LogP contribution in [0.15, 0.2) is 48.6 Å². The van der Waals surface area contributed by atoms with E-state index < -0.39 is 12.1 Å². The molecule has 5 atom stereocenters. The molecule has 2 aliphatic rings. The maximum Gasteiger partial charge on any atom is 0.303 e. The van der Waals surface area contributed by atoms with Crippen LogP contribution in [0.25, 0.3) is 0 Å².